The summed E-state index contributed by atoms with van der Waals surface area (Å²) in [5, 5.41) is 8.10. The molecule has 0 atom stereocenters. The van der Waals surface area contributed by atoms with E-state index in [0.717, 1.165) is 6.42 Å². The summed E-state index contributed by atoms with van der Waals surface area (Å²) >= 11 is 1.92. The summed E-state index contributed by atoms with van der Waals surface area (Å²) in [6.45, 7) is 3.95. The van der Waals surface area contributed by atoms with E-state index >= 15 is 0 Å². The van der Waals surface area contributed by atoms with Gasteiger partial charge in [-0.1, -0.05) is 66.7 Å². The van der Waals surface area contributed by atoms with Gasteiger partial charge in [-0.3, -0.25) is 0 Å². The number of hydrogen-bond donors (Lipinski definition) is 0. The van der Waals surface area contributed by atoms with Crippen LogP contribution in [0.15, 0.2) is 79.4 Å². The van der Waals surface area contributed by atoms with E-state index in [-0.39, 0.29) is 0 Å². The van der Waals surface area contributed by atoms with Gasteiger partial charge in [0.25, 0.3) is 0 Å². The normalized spacial score (nSPS) is 11.7. The number of rotatable bonds is 2. The minimum Gasteiger partial charge on any atom is -0.134 e. The van der Waals surface area contributed by atoms with Gasteiger partial charge in [0.15, 0.2) is 0 Å². The van der Waals surface area contributed by atoms with Crippen molar-refractivity contribution in [2.75, 3.05) is 0 Å². The Balaban J connectivity index is 2.08. The molecule has 1 aromatic heterocycles. The van der Waals surface area contributed by atoms with Crippen molar-refractivity contribution in [3.8, 4) is 0 Å². The van der Waals surface area contributed by atoms with E-state index in [1.165, 1.54) is 47.3 Å². The van der Waals surface area contributed by atoms with Gasteiger partial charge in [-0.25, -0.2) is 0 Å². The van der Waals surface area contributed by atoms with Crippen LogP contribution in [0.1, 0.15) is 5.56 Å². The molecule has 0 saturated carbocycles. The summed E-state index contributed by atoms with van der Waals surface area (Å²) in [6.07, 6.45) is 2.91. The molecule has 0 aliphatic heterocycles. The van der Waals surface area contributed by atoms with E-state index in [0.29, 0.717) is 0 Å². The van der Waals surface area contributed by atoms with Gasteiger partial charge in [0.2, 0.25) is 0 Å². The van der Waals surface area contributed by atoms with Crippen LogP contribution < -0.4 is 0 Å². The van der Waals surface area contributed by atoms with E-state index in [4.69, 9.17) is 0 Å². The van der Waals surface area contributed by atoms with Crippen LogP contribution >= 0.6 is 11.3 Å². The first kappa shape index (κ1) is 13.8. The quantitative estimate of drug-likeness (QED) is 0.304. The molecule has 0 spiro atoms. The van der Waals surface area contributed by atoms with Crippen LogP contribution in [0, 0.1) is 0 Å². The lowest BCUT2D eigenvalue weighted by Crippen LogP contribution is -1.83. The Hall–Kier alpha value is -2.64. The Kier molecular flexibility index (Phi) is 2.97. The third kappa shape index (κ3) is 1.85. The molecule has 0 unspecified atom stereocenters. The first-order valence-corrected chi connectivity index (χ1v) is 9.04. The Morgan fingerprint density at radius 1 is 0.750 bits per heavy atom. The third-order valence-corrected chi connectivity index (χ3v) is 6.11. The van der Waals surface area contributed by atoms with Gasteiger partial charge in [-0.05, 0) is 39.6 Å². The summed E-state index contributed by atoms with van der Waals surface area (Å²) in [6, 6.07) is 24.3. The van der Waals surface area contributed by atoms with Crippen LogP contribution in [-0.2, 0) is 6.42 Å². The molecule has 114 valence electrons. The topological polar surface area (TPSA) is 0 Å². The van der Waals surface area contributed by atoms with Crippen LogP contribution in [0.2, 0.25) is 0 Å². The molecule has 4 aromatic carbocycles. The summed E-state index contributed by atoms with van der Waals surface area (Å²) < 4.78 is 2.80. The van der Waals surface area contributed by atoms with E-state index in [2.05, 4.69) is 73.3 Å². The minimum absolute atomic E-state index is 0.909. The zero-order valence-corrected chi connectivity index (χ0v) is 14.1. The number of fused-ring (bicyclic) bond motifs is 7. The molecule has 0 N–H and O–H groups in total. The summed E-state index contributed by atoms with van der Waals surface area (Å²) in [4.78, 5) is 0. The highest BCUT2D eigenvalue weighted by Crippen LogP contribution is 2.43. The summed E-state index contributed by atoms with van der Waals surface area (Å²) in [5.41, 5.74) is 1.38. The van der Waals surface area contributed by atoms with E-state index in [9.17, 15) is 0 Å². The summed E-state index contributed by atoms with van der Waals surface area (Å²) in [7, 11) is 0. The Bertz CT molecular complexity index is 1240. The number of thiophene rings is 1. The van der Waals surface area contributed by atoms with Gasteiger partial charge in [0.05, 0.1) is 0 Å². The fourth-order valence-electron chi connectivity index (χ4n) is 3.73. The maximum absolute atomic E-state index is 3.95. The lowest BCUT2D eigenvalue weighted by atomic mass is 9.98. The van der Waals surface area contributed by atoms with Crippen LogP contribution in [0.5, 0.6) is 0 Å². The molecule has 1 heteroatoms. The Morgan fingerprint density at radius 3 is 2.33 bits per heavy atom. The maximum Gasteiger partial charge on any atom is 0.0434 e. The van der Waals surface area contributed by atoms with Crippen molar-refractivity contribution in [3.05, 3.63) is 84.9 Å². The van der Waals surface area contributed by atoms with Gasteiger partial charge < -0.3 is 0 Å². The minimum atomic E-state index is 0.909. The highest BCUT2D eigenvalue weighted by atomic mass is 32.1. The molecule has 1 heterocycles. The Labute approximate surface area is 144 Å². The lowest BCUT2D eigenvalue weighted by molar-refractivity contribution is 1.33. The van der Waals surface area contributed by atoms with E-state index < -0.39 is 0 Å². The van der Waals surface area contributed by atoms with Gasteiger partial charge in [0, 0.05) is 20.2 Å². The fraction of sp³-hybridized carbons (Fsp3) is 0.0435. The van der Waals surface area contributed by atoms with Crippen molar-refractivity contribution >= 4 is 53.1 Å². The second kappa shape index (κ2) is 5.19. The highest BCUT2D eigenvalue weighted by Gasteiger charge is 2.14. The maximum atomic E-state index is 3.95. The van der Waals surface area contributed by atoms with Crippen molar-refractivity contribution < 1.29 is 0 Å². The van der Waals surface area contributed by atoms with E-state index in [1.54, 1.807) is 0 Å². The molecule has 0 saturated heterocycles. The zero-order valence-electron chi connectivity index (χ0n) is 13.3. The molecule has 0 nitrogen and oxygen atoms in total. The van der Waals surface area contributed by atoms with Gasteiger partial charge in [-0.2, -0.15) is 0 Å². The lowest BCUT2D eigenvalue weighted by Gasteiger charge is -2.05. The molecule has 5 rings (SSSR count). The molecular weight excluding hydrogens is 308 g/mol. The summed E-state index contributed by atoms with van der Waals surface area (Å²) in [5.74, 6) is 0. The van der Waals surface area contributed by atoms with Crippen LogP contribution in [0.3, 0.4) is 0 Å². The predicted molar refractivity (Wildman–Crippen MR) is 108 cm³/mol. The molecule has 24 heavy (non-hydrogen) atoms. The standard InChI is InChI=1S/C23H16S/c1-2-7-17-14-16-9-4-5-10-18(16)21-20-13-12-15-8-3-6-11-19(15)23(20)24-22(17)21/h2-6,8-14H,1,7H2. The van der Waals surface area contributed by atoms with Crippen LogP contribution in [-0.4, -0.2) is 0 Å². The van der Waals surface area contributed by atoms with Crippen molar-refractivity contribution in [1.82, 2.24) is 0 Å². The number of allylic oxidation sites excluding steroid dienone is 1. The van der Waals surface area contributed by atoms with Crippen molar-refractivity contribution in [1.29, 1.82) is 0 Å². The largest absolute Gasteiger partial charge is 0.134 e. The molecule has 0 fully saturated rings. The third-order valence-electron chi connectivity index (χ3n) is 4.80. The number of benzene rings is 4. The highest BCUT2D eigenvalue weighted by molar-refractivity contribution is 7.27. The smallest absolute Gasteiger partial charge is 0.0434 e. The average molecular weight is 324 g/mol. The molecule has 0 aliphatic carbocycles. The molecule has 0 amide bonds. The Morgan fingerprint density at radius 2 is 1.50 bits per heavy atom. The molecule has 0 aliphatic rings. The first-order valence-electron chi connectivity index (χ1n) is 8.22. The van der Waals surface area contributed by atoms with Gasteiger partial charge in [0.1, 0.15) is 0 Å². The zero-order chi connectivity index (χ0) is 16.1. The van der Waals surface area contributed by atoms with Crippen molar-refractivity contribution in [2.24, 2.45) is 0 Å². The van der Waals surface area contributed by atoms with Gasteiger partial charge in [-0.15, -0.1) is 17.9 Å². The van der Waals surface area contributed by atoms with Gasteiger partial charge >= 0.3 is 0 Å². The average Bonchev–Trinajstić information content (AvgIpc) is 3.03. The second-order valence-corrected chi connectivity index (χ2v) is 7.24. The first-order chi connectivity index (χ1) is 11.9. The molecule has 0 radical (unpaired) electrons. The van der Waals surface area contributed by atoms with E-state index in [1.807, 2.05) is 17.4 Å². The fourth-order valence-corrected chi connectivity index (χ4v) is 5.11. The monoisotopic (exact) mass is 324 g/mol. The van der Waals surface area contributed by atoms with Crippen molar-refractivity contribution in [2.45, 2.75) is 6.42 Å². The molecule has 5 aromatic rings. The SMILES string of the molecule is C=CCc1cc2ccccc2c2c1sc1c3ccccc3ccc12. The van der Waals surface area contributed by atoms with Crippen molar-refractivity contribution in [3.63, 3.8) is 0 Å². The van der Waals surface area contributed by atoms with Crippen LogP contribution in [0.4, 0.5) is 0 Å². The number of hydrogen-bond acceptors (Lipinski definition) is 1. The molecule has 0 bridgehead atoms. The van der Waals surface area contributed by atoms with Crippen LogP contribution in [0.25, 0.3) is 41.7 Å². The second-order valence-electron chi connectivity index (χ2n) is 6.22. The predicted octanol–water partition coefficient (Wildman–Crippen LogP) is 7.09. The molecular formula is C23H16S.